The molecule has 0 saturated heterocycles. The molecule has 158 valence electrons. The fourth-order valence-corrected chi connectivity index (χ4v) is 2.52. The van der Waals surface area contributed by atoms with Gasteiger partial charge in [0, 0.05) is 12.1 Å². The number of nitrogens with zero attached hydrogens (tertiary/aromatic N) is 4. The number of nitrogens with one attached hydrogen (secondary N) is 3. The number of carbonyl (C=O) groups excluding carboxylic acids is 1. The van der Waals surface area contributed by atoms with Gasteiger partial charge in [-0.15, -0.1) is 0 Å². The van der Waals surface area contributed by atoms with Crippen molar-refractivity contribution in [3.8, 4) is 0 Å². The van der Waals surface area contributed by atoms with Crippen LogP contribution >= 0.6 is 0 Å². The number of rotatable bonds is 8. The van der Waals surface area contributed by atoms with Crippen LogP contribution in [0.2, 0.25) is 0 Å². The molecule has 1 heterocycles. The topological polar surface area (TPSA) is 165 Å². The first kappa shape index (κ1) is 21.0. The Bertz CT molecular complexity index is 1140. The molecule has 0 atom stereocenters. The fraction of sp³-hybridized carbons (Fsp3) is 0.0556. The van der Waals surface area contributed by atoms with Crippen LogP contribution in [0.15, 0.2) is 54.9 Å². The number of amides is 1. The van der Waals surface area contributed by atoms with E-state index in [-0.39, 0.29) is 29.4 Å². The van der Waals surface area contributed by atoms with Crippen LogP contribution in [-0.4, -0.2) is 25.7 Å². The van der Waals surface area contributed by atoms with E-state index in [1.54, 1.807) is 0 Å². The standard InChI is InChI=1S/C18H14FN7O5/c19-13-3-1-2-4-14(13)22-17-16(26(30)31)18(21-10-20-17)24-23-15(27)9-11-5-7-12(8-6-11)25(28)29/h1-8,10H,9H2,(H,23,27)(H2,20,21,22,24). The summed E-state index contributed by atoms with van der Waals surface area (Å²) in [6.45, 7) is 0. The number of hydrazine groups is 1. The third-order valence-electron chi connectivity index (χ3n) is 3.96. The van der Waals surface area contributed by atoms with Crippen molar-refractivity contribution in [3.05, 3.63) is 86.5 Å². The Morgan fingerprint density at radius 3 is 2.29 bits per heavy atom. The van der Waals surface area contributed by atoms with Crippen LogP contribution in [0.25, 0.3) is 0 Å². The number of non-ortho nitro benzene ring substituents is 1. The molecule has 3 N–H and O–H groups in total. The molecule has 31 heavy (non-hydrogen) atoms. The fourth-order valence-electron chi connectivity index (χ4n) is 2.52. The maximum absolute atomic E-state index is 13.9. The van der Waals surface area contributed by atoms with Crippen LogP contribution in [0, 0.1) is 26.0 Å². The van der Waals surface area contributed by atoms with E-state index in [9.17, 15) is 29.4 Å². The lowest BCUT2D eigenvalue weighted by molar-refractivity contribution is -0.384. The van der Waals surface area contributed by atoms with Crippen molar-refractivity contribution < 1.29 is 19.0 Å². The van der Waals surface area contributed by atoms with E-state index in [0.717, 1.165) is 6.33 Å². The van der Waals surface area contributed by atoms with Gasteiger partial charge in [-0.25, -0.2) is 14.4 Å². The summed E-state index contributed by atoms with van der Waals surface area (Å²) >= 11 is 0. The molecule has 0 radical (unpaired) electrons. The number of benzene rings is 2. The van der Waals surface area contributed by atoms with Crippen molar-refractivity contribution in [2.75, 3.05) is 10.7 Å². The lowest BCUT2D eigenvalue weighted by Crippen LogP contribution is -2.31. The number of anilines is 3. The Balaban J connectivity index is 1.72. The summed E-state index contributed by atoms with van der Waals surface area (Å²) in [5.41, 5.74) is 4.35. The average Bonchev–Trinajstić information content (AvgIpc) is 2.74. The maximum Gasteiger partial charge on any atom is 0.355 e. The number of nitro groups is 2. The number of carbonyl (C=O) groups is 1. The zero-order valence-corrected chi connectivity index (χ0v) is 15.6. The first-order valence-electron chi connectivity index (χ1n) is 8.64. The highest BCUT2D eigenvalue weighted by atomic mass is 19.1. The monoisotopic (exact) mass is 427 g/mol. The van der Waals surface area contributed by atoms with E-state index in [2.05, 4.69) is 26.1 Å². The normalized spacial score (nSPS) is 10.2. The highest BCUT2D eigenvalue weighted by Crippen LogP contribution is 2.31. The second-order valence-corrected chi connectivity index (χ2v) is 6.05. The lowest BCUT2D eigenvalue weighted by Gasteiger charge is -2.11. The molecule has 1 amide bonds. The summed E-state index contributed by atoms with van der Waals surface area (Å²) in [4.78, 5) is 40.5. The molecule has 12 nitrogen and oxygen atoms in total. The first-order chi connectivity index (χ1) is 14.8. The van der Waals surface area contributed by atoms with Crippen molar-refractivity contribution in [2.24, 2.45) is 0 Å². The van der Waals surface area contributed by atoms with Gasteiger partial charge in [0.25, 0.3) is 5.69 Å². The predicted octanol–water partition coefficient (Wildman–Crippen LogP) is 2.86. The van der Waals surface area contributed by atoms with Crippen LogP contribution in [0.3, 0.4) is 0 Å². The van der Waals surface area contributed by atoms with Crippen molar-refractivity contribution in [2.45, 2.75) is 6.42 Å². The Morgan fingerprint density at radius 2 is 1.65 bits per heavy atom. The molecule has 1 aromatic heterocycles. The van der Waals surface area contributed by atoms with E-state index < -0.39 is 27.3 Å². The van der Waals surface area contributed by atoms with Crippen molar-refractivity contribution in [3.63, 3.8) is 0 Å². The SMILES string of the molecule is O=C(Cc1ccc([N+](=O)[O-])cc1)NNc1ncnc(Nc2ccccc2F)c1[N+](=O)[O-]. The highest BCUT2D eigenvalue weighted by molar-refractivity contribution is 5.81. The Morgan fingerprint density at radius 1 is 0.968 bits per heavy atom. The minimum atomic E-state index is -0.784. The van der Waals surface area contributed by atoms with Crippen LogP contribution < -0.4 is 16.2 Å². The lowest BCUT2D eigenvalue weighted by atomic mass is 10.1. The molecule has 0 bridgehead atoms. The van der Waals surface area contributed by atoms with Gasteiger partial charge in [-0.2, -0.15) is 0 Å². The third kappa shape index (κ3) is 5.23. The molecule has 13 heteroatoms. The summed E-state index contributed by atoms with van der Waals surface area (Å²) in [7, 11) is 0. The van der Waals surface area contributed by atoms with E-state index >= 15 is 0 Å². The summed E-state index contributed by atoms with van der Waals surface area (Å²) in [5.74, 6) is -1.82. The molecule has 0 aliphatic rings. The Labute approximate surface area is 173 Å². The van der Waals surface area contributed by atoms with Gasteiger partial charge >= 0.3 is 5.69 Å². The molecular weight excluding hydrogens is 413 g/mol. The first-order valence-corrected chi connectivity index (χ1v) is 8.64. The van der Waals surface area contributed by atoms with E-state index in [1.165, 1.54) is 48.5 Å². The average molecular weight is 427 g/mol. The second kappa shape index (κ2) is 9.21. The van der Waals surface area contributed by atoms with Crippen LogP contribution in [0.5, 0.6) is 0 Å². The molecule has 3 aromatic rings. The van der Waals surface area contributed by atoms with E-state index in [4.69, 9.17) is 0 Å². The number of hydrogen-bond donors (Lipinski definition) is 3. The highest BCUT2D eigenvalue weighted by Gasteiger charge is 2.24. The van der Waals surface area contributed by atoms with Crippen LogP contribution in [0.1, 0.15) is 5.56 Å². The van der Waals surface area contributed by atoms with Gasteiger partial charge in [-0.05, 0) is 17.7 Å². The van der Waals surface area contributed by atoms with Gasteiger partial charge < -0.3 is 5.32 Å². The van der Waals surface area contributed by atoms with Crippen LogP contribution in [0.4, 0.5) is 33.1 Å². The third-order valence-corrected chi connectivity index (χ3v) is 3.96. The smallest absolute Gasteiger partial charge is 0.332 e. The summed E-state index contributed by atoms with van der Waals surface area (Å²) in [6.07, 6.45) is 0.852. The number of halogens is 1. The summed E-state index contributed by atoms with van der Waals surface area (Å²) in [6, 6.07) is 10.9. The minimum absolute atomic E-state index is 0.0301. The van der Waals surface area contributed by atoms with E-state index in [1.807, 2.05) is 0 Å². The molecule has 0 aliphatic heterocycles. The van der Waals surface area contributed by atoms with E-state index in [0.29, 0.717) is 5.56 Å². The number of nitro benzene ring substituents is 1. The van der Waals surface area contributed by atoms with Crippen molar-refractivity contribution in [1.29, 1.82) is 0 Å². The van der Waals surface area contributed by atoms with Gasteiger partial charge in [0.05, 0.1) is 22.0 Å². The van der Waals surface area contributed by atoms with Crippen LogP contribution in [-0.2, 0) is 11.2 Å². The van der Waals surface area contributed by atoms with Gasteiger partial charge in [0.15, 0.2) is 0 Å². The van der Waals surface area contributed by atoms with Crippen molar-refractivity contribution in [1.82, 2.24) is 15.4 Å². The predicted molar refractivity (Wildman–Crippen MR) is 107 cm³/mol. The van der Waals surface area contributed by atoms with Gasteiger partial charge in [-0.3, -0.25) is 35.9 Å². The molecular formula is C18H14FN7O5. The molecule has 0 spiro atoms. The zero-order valence-electron chi connectivity index (χ0n) is 15.6. The number of hydrogen-bond acceptors (Lipinski definition) is 9. The summed E-state index contributed by atoms with van der Waals surface area (Å²) in [5, 5.41) is 24.7. The molecule has 2 aromatic carbocycles. The molecule has 3 rings (SSSR count). The zero-order chi connectivity index (χ0) is 22.4. The Hall–Kier alpha value is -4.68. The number of aromatic nitrogens is 2. The maximum atomic E-state index is 13.9. The minimum Gasteiger partial charge on any atom is -0.332 e. The van der Waals surface area contributed by atoms with Gasteiger partial charge in [-0.1, -0.05) is 24.3 Å². The van der Waals surface area contributed by atoms with Gasteiger partial charge in [0.2, 0.25) is 17.5 Å². The molecule has 0 unspecified atom stereocenters. The van der Waals surface area contributed by atoms with Gasteiger partial charge in [0.1, 0.15) is 12.1 Å². The Kier molecular flexibility index (Phi) is 6.25. The quantitative estimate of drug-likeness (QED) is 0.362. The molecule has 0 fully saturated rings. The summed E-state index contributed by atoms with van der Waals surface area (Å²) < 4.78 is 13.9. The number of para-hydroxylation sites is 1. The largest absolute Gasteiger partial charge is 0.355 e. The second-order valence-electron chi connectivity index (χ2n) is 6.05. The molecule has 0 aliphatic carbocycles. The molecule has 0 saturated carbocycles. The van der Waals surface area contributed by atoms with Crippen molar-refractivity contribution >= 4 is 34.6 Å².